The summed E-state index contributed by atoms with van der Waals surface area (Å²) in [6.07, 6.45) is 0. The van der Waals surface area contributed by atoms with Crippen molar-refractivity contribution in [2.75, 3.05) is 5.43 Å². The lowest BCUT2D eigenvalue weighted by atomic mass is 10.1. The Kier molecular flexibility index (Phi) is 6.91. The Labute approximate surface area is 200 Å². The van der Waals surface area contributed by atoms with Gasteiger partial charge in [0, 0.05) is 27.7 Å². The molecule has 1 heterocycles. The maximum atomic E-state index is 13.1. The molecule has 0 fully saturated rings. The molecule has 0 amide bonds. The van der Waals surface area contributed by atoms with E-state index in [9.17, 15) is 14.9 Å². The van der Waals surface area contributed by atoms with Gasteiger partial charge in [0.2, 0.25) is 11.7 Å². The second kappa shape index (κ2) is 10.2. The number of anilines is 1. The lowest BCUT2D eigenvalue weighted by Crippen LogP contribution is -2.13. The minimum atomic E-state index is -0.508. The highest BCUT2D eigenvalue weighted by atomic mass is 79.9. The van der Waals surface area contributed by atoms with Crippen LogP contribution in [0, 0.1) is 10.1 Å². The molecule has 3 aromatic carbocycles. The molecule has 0 aliphatic heterocycles. The average Bonchev–Trinajstić information content (AvgIpc) is 3.31. The number of Topliss-reactive ketones (excluding diaryl/α,β-unsaturated/α-hetero) is 1. The third-order valence-corrected chi connectivity index (χ3v) is 5.59. The van der Waals surface area contributed by atoms with Crippen molar-refractivity contribution >= 4 is 49.9 Å². The minimum absolute atomic E-state index is 0.0654. The summed E-state index contributed by atoms with van der Waals surface area (Å²) in [6.45, 7) is 0. The number of aromatic nitrogens is 2. The number of halogens is 1. The number of para-hydroxylation sites is 1. The van der Waals surface area contributed by atoms with E-state index in [1.54, 1.807) is 30.3 Å². The number of nitrogens with one attached hydrogen (secondary N) is 1. The Morgan fingerprint density at radius 2 is 1.79 bits per heavy atom. The van der Waals surface area contributed by atoms with Crippen molar-refractivity contribution in [1.29, 1.82) is 0 Å². The predicted molar refractivity (Wildman–Crippen MR) is 128 cm³/mol. The molecule has 4 rings (SSSR count). The van der Waals surface area contributed by atoms with Gasteiger partial charge in [-0.15, -0.1) is 10.2 Å². The maximum absolute atomic E-state index is 13.1. The second-order valence-electron chi connectivity index (χ2n) is 6.51. The molecule has 0 bridgehead atoms. The first-order valence-corrected chi connectivity index (χ1v) is 11.1. The molecule has 0 atom stereocenters. The van der Waals surface area contributed by atoms with E-state index in [0.29, 0.717) is 16.8 Å². The van der Waals surface area contributed by atoms with Crippen molar-refractivity contribution in [3.05, 3.63) is 99.0 Å². The Bertz CT molecular complexity index is 1330. The molecule has 0 aliphatic carbocycles. The number of nitro benzene ring substituents is 1. The van der Waals surface area contributed by atoms with Crippen LogP contribution in [-0.2, 0) is 0 Å². The zero-order valence-electron chi connectivity index (χ0n) is 16.7. The van der Waals surface area contributed by atoms with Gasteiger partial charge in [0.15, 0.2) is 5.04 Å². The number of carbonyl (C=O) groups is 1. The van der Waals surface area contributed by atoms with Gasteiger partial charge in [0.25, 0.3) is 10.9 Å². The smallest absolute Gasteiger partial charge is 0.283 e. The average molecular weight is 524 g/mol. The van der Waals surface area contributed by atoms with Gasteiger partial charge in [-0.05, 0) is 54.2 Å². The number of benzene rings is 3. The third-order valence-electron chi connectivity index (χ3n) is 4.26. The van der Waals surface area contributed by atoms with Gasteiger partial charge < -0.3 is 4.42 Å². The zero-order chi connectivity index (χ0) is 23.2. The highest BCUT2D eigenvalue weighted by molar-refractivity contribution is 9.10. The van der Waals surface area contributed by atoms with Crippen LogP contribution in [0.5, 0.6) is 0 Å². The van der Waals surface area contributed by atoms with Gasteiger partial charge in [-0.25, -0.2) is 0 Å². The first-order chi connectivity index (χ1) is 16.0. The summed E-state index contributed by atoms with van der Waals surface area (Å²) in [4.78, 5) is 23.6. The number of ketones is 1. The summed E-state index contributed by atoms with van der Waals surface area (Å²) >= 11 is 4.24. The summed E-state index contributed by atoms with van der Waals surface area (Å²) in [5.41, 5.74) is 4.28. The molecule has 1 aromatic heterocycles. The molecule has 0 radical (unpaired) electrons. The summed E-state index contributed by atoms with van der Waals surface area (Å²) < 4.78 is 6.48. The topological polar surface area (TPSA) is 124 Å². The number of hydrogen-bond donors (Lipinski definition) is 1. The fourth-order valence-corrected chi connectivity index (χ4v) is 3.61. The SMILES string of the molecule is O=C(C(=NNc1ccccc1)Sc1nnc(-c2cccc([N+](=O)[O-])c2)o1)c1ccc(Br)cc1. The number of hydrazone groups is 1. The molecule has 164 valence electrons. The van der Waals surface area contributed by atoms with Crippen molar-refractivity contribution < 1.29 is 14.1 Å². The van der Waals surface area contributed by atoms with E-state index < -0.39 is 4.92 Å². The number of hydrogen-bond acceptors (Lipinski definition) is 9. The van der Waals surface area contributed by atoms with Gasteiger partial charge in [-0.3, -0.25) is 20.3 Å². The van der Waals surface area contributed by atoms with Crippen molar-refractivity contribution in [2.45, 2.75) is 5.22 Å². The first kappa shape index (κ1) is 22.4. The van der Waals surface area contributed by atoms with E-state index in [1.165, 1.54) is 18.2 Å². The molecule has 4 aromatic rings. The monoisotopic (exact) mass is 523 g/mol. The van der Waals surface area contributed by atoms with Gasteiger partial charge in [-0.2, -0.15) is 5.10 Å². The summed E-state index contributed by atoms with van der Waals surface area (Å²) in [7, 11) is 0. The largest absolute Gasteiger partial charge is 0.411 e. The van der Waals surface area contributed by atoms with Gasteiger partial charge in [0.1, 0.15) is 0 Å². The quantitative estimate of drug-likeness (QED) is 0.0803. The molecule has 9 nitrogen and oxygen atoms in total. The van der Waals surface area contributed by atoms with E-state index in [0.717, 1.165) is 16.2 Å². The Morgan fingerprint density at radius 1 is 1.03 bits per heavy atom. The van der Waals surface area contributed by atoms with Gasteiger partial charge in [0.05, 0.1) is 10.6 Å². The molecular formula is C22H14BrN5O4S. The zero-order valence-corrected chi connectivity index (χ0v) is 19.1. The number of non-ortho nitro benzene ring substituents is 1. The van der Waals surface area contributed by atoms with E-state index >= 15 is 0 Å². The predicted octanol–water partition coefficient (Wildman–Crippen LogP) is 5.81. The highest BCUT2D eigenvalue weighted by Crippen LogP contribution is 2.27. The van der Waals surface area contributed by atoms with Gasteiger partial charge >= 0.3 is 0 Å². The lowest BCUT2D eigenvalue weighted by Gasteiger charge is -2.05. The van der Waals surface area contributed by atoms with E-state index in [1.807, 2.05) is 30.3 Å². The number of rotatable bonds is 7. The molecule has 33 heavy (non-hydrogen) atoms. The van der Waals surface area contributed by atoms with E-state index in [-0.39, 0.29) is 27.6 Å². The van der Waals surface area contributed by atoms with E-state index in [2.05, 4.69) is 36.7 Å². The fourth-order valence-electron chi connectivity index (χ4n) is 2.68. The Morgan fingerprint density at radius 3 is 2.52 bits per heavy atom. The molecular weight excluding hydrogens is 510 g/mol. The molecule has 0 aliphatic rings. The highest BCUT2D eigenvalue weighted by Gasteiger charge is 2.21. The first-order valence-electron chi connectivity index (χ1n) is 9.45. The summed E-state index contributed by atoms with van der Waals surface area (Å²) in [5.74, 6) is -0.251. The number of thioether (sulfide) groups is 1. The Hall–Kier alpha value is -3.83. The maximum Gasteiger partial charge on any atom is 0.283 e. The molecule has 0 saturated heterocycles. The standard InChI is InChI=1S/C22H14BrN5O4S/c23-16-11-9-14(10-12-16)19(29)21(26-24-17-6-2-1-3-7-17)33-22-27-25-20(32-22)15-5-4-8-18(13-15)28(30)31/h1-13,24H. The van der Waals surface area contributed by atoms with Crippen LogP contribution < -0.4 is 5.43 Å². The lowest BCUT2D eigenvalue weighted by molar-refractivity contribution is -0.384. The second-order valence-corrected chi connectivity index (χ2v) is 8.37. The summed E-state index contributed by atoms with van der Waals surface area (Å²) in [6, 6.07) is 21.9. The number of carbonyl (C=O) groups excluding carboxylic acids is 1. The molecule has 0 spiro atoms. The van der Waals surface area contributed by atoms with Crippen molar-refractivity contribution in [1.82, 2.24) is 10.2 Å². The molecule has 1 N–H and O–H groups in total. The number of nitro groups is 1. The number of nitrogens with zero attached hydrogens (tertiary/aromatic N) is 4. The van der Waals surface area contributed by atoms with Crippen molar-refractivity contribution in [3.8, 4) is 11.5 Å². The van der Waals surface area contributed by atoms with Crippen molar-refractivity contribution in [2.24, 2.45) is 5.10 Å². The van der Waals surface area contributed by atoms with Crippen LogP contribution in [0.2, 0.25) is 0 Å². The van der Waals surface area contributed by atoms with Gasteiger partial charge in [-0.1, -0.05) is 40.2 Å². The van der Waals surface area contributed by atoms with E-state index in [4.69, 9.17) is 4.42 Å². The fraction of sp³-hybridized carbons (Fsp3) is 0. The molecule has 0 saturated carbocycles. The van der Waals surface area contributed by atoms with Crippen LogP contribution in [0.15, 0.2) is 98.1 Å². The summed E-state index contributed by atoms with van der Waals surface area (Å²) in [5, 5.41) is 23.3. The van der Waals surface area contributed by atoms with Crippen molar-refractivity contribution in [3.63, 3.8) is 0 Å². The van der Waals surface area contributed by atoms with Crippen LogP contribution >= 0.6 is 27.7 Å². The van der Waals surface area contributed by atoms with Crippen LogP contribution in [0.25, 0.3) is 11.5 Å². The minimum Gasteiger partial charge on any atom is -0.411 e. The Balaban J connectivity index is 1.61. The van der Waals surface area contributed by atoms with Crippen LogP contribution in [0.1, 0.15) is 10.4 Å². The molecule has 0 unspecified atom stereocenters. The molecule has 11 heteroatoms. The normalized spacial score (nSPS) is 11.2. The van der Waals surface area contributed by atoms with Crippen LogP contribution in [0.3, 0.4) is 0 Å². The van der Waals surface area contributed by atoms with Crippen LogP contribution in [-0.4, -0.2) is 25.9 Å². The third kappa shape index (κ3) is 5.70. The van der Waals surface area contributed by atoms with Crippen LogP contribution in [0.4, 0.5) is 11.4 Å².